The Hall–Kier alpha value is -3.59. The number of aliphatic hydroxyl groups excluding tert-OH is 1. The molecule has 0 bridgehead atoms. The molecule has 3 aromatic carbocycles. The Bertz CT molecular complexity index is 1280. The quantitative estimate of drug-likeness (QED) is 0.251. The summed E-state index contributed by atoms with van der Waals surface area (Å²) in [5, 5.41) is 11.1. The highest BCUT2D eigenvalue weighted by atomic mass is 79.9. The summed E-state index contributed by atoms with van der Waals surface area (Å²) in [6.45, 7) is 0. The molecule has 0 spiro atoms. The van der Waals surface area contributed by atoms with Crippen LogP contribution in [0.2, 0.25) is 0 Å². The Labute approximate surface area is 201 Å². The first-order chi connectivity index (χ1) is 16.1. The lowest BCUT2D eigenvalue weighted by molar-refractivity contribution is -0.137. The van der Waals surface area contributed by atoms with Gasteiger partial charge >= 0.3 is 6.18 Å². The summed E-state index contributed by atoms with van der Waals surface area (Å²) >= 11 is 3.32. The topological polar surface area (TPSA) is 66.8 Å². The summed E-state index contributed by atoms with van der Waals surface area (Å²) in [5.41, 5.74) is -0.607. The number of methoxy groups -OCH3 is 1. The first-order valence-electron chi connectivity index (χ1n) is 10.00. The first kappa shape index (κ1) is 23.6. The van der Waals surface area contributed by atoms with Crippen LogP contribution in [0.4, 0.5) is 18.9 Å². The number of rotatable bonds is 4. The van der Waals surface area contributed by atoms with Crippen molar-refractivity contribution in [2.24, 2.45) is 0 Å². The second-order valence-electron chi connectivity index (χ2n) is 7.50. The largest absolute Gasteiger partial charge is 0.507 e. The van der Waals surface area contributed by atoms with Gasteiger partial charge in [0, 0.05) is 15.7 Å². The molecule has 0 radical (unpaired) electrons. The number of carbonyl (C=O) groups excluding carboxylic acids is 2. The number of benzene rings is 3. The molecule has 4 rings (SSSR count). The van der Waals surface area contributed by atoms with Crippen LogP contribution in [0.3, 0.4) is 0 Å². The van der Waals surface area contributed by atoms with Crippen molar-refractivity contribution in [1.29, 1.82) is 0 Å². The Balaban J connectivity index is 1.92. The van der Waals surface area contributed by atoms with Crippen LogP contribution in [0, 0.1) is 0 Å². The molecule has 1 atom stereocenters. The van der Waals surface area contributed by atoms with E-state index in [9.17, 15) is 27.9 Å². The molecular weight excluding hydrogens is 515 g/mol. The minimum absolute atomic E-state index is 0.112. The molecule has 1 unspecified atom stereocenters. The summed E-state index contributed by atoms with van der Waals surface area (Å²) in [6.07, 6.45) is -4.64. The van der Waals surface area contributed by atoms with Crippen molar-refractivity contribution in [3.05, 3.63) is 99.5 Å². The molecular formula is C25H17BrF3NO4. The van der Waals surface area contributed by atoms with E-state index in [1.54, 1.807) is 36.4 Å². The zero-order chi connectivity index (χ0) is 24.6. The van der Waals surface area contributed by atoms with Crippen molar-refractivity contribution in [2.45, 2.75) is 12.2 Å². The number of hydrogen-bond acceptors (Lipinski definition) is 4. The minimum Gasteiger partial charge on any atom is -0.507 e. The van der Waals surface area contributed by atoms with Crippen LogP contribution in [-0.4, -0.2) is 23.9 Å². The van der Waals surface area contributed by atoms with E-state index in [0.29, 0.717) is 11.3 Å². The van der Waals surface area contributed by atoms with E-state index in [4.69, 9.17) is 4.74 Å². The smallest absolute Gasteiger partial charge is 0.416 e. The number of amides is 1. The van der Waals surface area contributed by atoms with Crippen molar-refractivity contribution in [2.75, 3.05) is 12.0 Å². The zero-order valence-electron chi connectivity index (χ0n) is 17.6. The average molecular weight is 532 g/mol. The fourth-order valence-corrected chi connectivity index (χ4v) is 4.06. The highest BCUT2D eigenvalue weighted by Gasteiger charge is 2.47. The summed E-state index contributed by atoms with van der Waals surface area (Å²) in [5.74, 6) is -1.96. The SMILES string of the molecule is COc1ccc(/C(O)=C2\C(=O)C(=O)N(c3cccc(C(F)(F)F)c3)C2c2ccc(Br)cc2)cc1. The van der Waals surface area contributed by atoms with Crippen LogP contribution in [0.15, 0.2) is 82.8 Å². The van der Waals surface area contributed by atoms with E-state index in [1.807, 2.05) is 0 Å². The van der Waals surface area contributed by atoms with Crippen LogP contribution in [0.5, 0.6) is 5.75 Å². The fourth-order valence-electron chi connectivity index (χ4n) is 3.80. The predicted molar refractivity (Wildman–Crippen MR) is 123 cm³/mol. The lowest BCUT2D eigenvalue weighted by Gasteiger charge is -2.26. The summed E-state index contributed by atoms with van der Waals surface area (Å²) < 4.78 is 45.9. The molecule has 3 aromatic rings. The van der Waals surface area contributed by atoms with Gasteiger partial charge in [0.25, 0.3) is 11.7 Å². The van der Waals surface area contributed by atoms with Crippen LogP contribution in [0.25, 0.3) is 5.76 Å². The standard InChI is InChI=1S/C25H17BrF3NO4/c1-34-19-11-7-15(8-12-19)22(31)20-21(14-5-9-17(26)10-6-14)30(24(33)23(20)32)18-4-2-3-16(13-18)25(27,28)29/h2-13,21,31H,1H3/b22-20+. The molecule has 1 aliphatic rings. The van der Waals surface area contributed by atoms with E-state index in [-0.39, 0.29) is 16.8 Å². The number of alkyl halides is 3. The van der Waals surface area contributed by atoms with Gasteiger partial charge in [-0.1, -0.05) is 34.1 Å². The van der Waals surface area contributed by atoms with E-state index in [0.717, 1.165) is 21.5 Å². The monoisotopic (exact) mass is 531 g/mol. The Morgan fingerprint density at radius 2 is 1.65 bits per heavy atom. The van der Waals surface area contributed by atoms with Gasteiger partial charge in [-0.2, -0.15) is 13.2 Å². The molecule has 1 amide bonds. The first-order valence-corrected chi connectivity index (χ1v) is 10.8. The van der Waals surface area contributed by atoms with Gasteiger partial charge in [0.2, 0.25) is 0 Å². The van der Waals surface area contributed by atoms with Crippen molar-refractivity contribution in [3.8, 4) is 5.75 Å². The molecule has 1 heterocycles. The average Bonchev–Trinajstić information content (AvgIpc) is 3.09. The van der Waals surface area contributed by atoms with Crippen LogP contribution >= 0.6 is 15.9 Å². The van der Waals surface area contributed by atoms with Crippen LogP contribution in [-0.2, 0) is 15.8 Å². The third-order valence-electron chi connectivity index (χ3n) is 5.45. The number of anilines is 1. The van der Waals surface area contributed by atoms with Gasteiger partial charge in [-0.15, -0.1) is 0 Å². The van der Waals surface area contributed by atoms with E-state index < -0.39 is 35.2 Å². The molecule has 0 saturated carbocycles. The lowest BCUT2D eigenvalue weighted by Crippen LogP contribution is -2.29. The van der Waals surface area contributed by atoms with E-state index in [2.05, 4.69) is 15.9 Å². The summed E-state index contributed by atoms with van der Waals surface area (Å²) in [7, 11) is 1.48. The van der Waals surface area contributed by atoms with Gasteiger partial charge in [0.05, 0.1) is 24.3 Å². The molecule has 0 aliphatic carbocycles. The molecule has 1 aliphatic heterocycles. The molecule has 1 fully saturated rings. The number of ether oxygens (including phenoxy) is 1. The Kier molecular flexibility index (Phi) is 6.22. The highest BCUT2D eigenvalue weighted by molar-refractivity contribution is 9.10. The van der Waals surface area contributed by atoms with Crippen molar-refractivity contribution in [1.82, 2.24) is 0 Å². The molecule has 1 N–H and O–H groups in total. The Morgan fingerprint density at radius 3 is 2.24 bits per heavy atom. The van der Waals surface area contributed by atoms with Gasteiger partial charge in [-0.05, 0) is 60.2 Å². The van der Waals surface area contributed by atoms with Gasteiger partial charge in [-0.25, -0.2) is 0 Å². The number of Topliss-reactive ketones (excluding diaryl/α,β-unsaturated/α-hetero) is 1. The maximum atomic E-state index is 13.3. The van der Waals surface area contributed by atoms with Gasteiger partial charge in [0.15, 0.2) is 0 Å². The number of carbonyl (C=O) groups is 2. The highest BCUT2D eigenvalue weighted by Crippen LogP contribution is 2.43. The maximum absolute atomic E-state index is 13.3. The lowest BCUT2D eigenvalue weighted by atomic mass is 9.95. The molecule has 1 saturated heterocycles. The summed E-state index contributed by atoms with van der Waals surface area (Å²) in [4.78, 5) is 27.2. The number of nitrogens with zero attached hydrogens (tertiary/aromatic N) is 1. The van der Waals surface area contributed by atoms with Crippen molar-refractivity contribution in [3.63, 3.8) is 0 Å². The third kappa shape index (κ3) is 4.31. The van der Waals surface area contributed by atoms with Crippen molar-refractivity contribution >= 4 is 39.1 Å². The maximum Gasteiger partial charge on any atom is 0.416 e. The van der Waals surface area contributed by atoms with Gasteiger partial charge in [0.1, 0.15) is 11.5 Å². The molecule has 9 heteroatoms. The summed E-state index contributed by atoms with van der Waals surface area (Å²) in [6, 6.07) is 15.8. The number of aliphatic hydroxyl groups is 1. The van der Waals surface area contributed by atoms with E-state index >= 15 is 0 Å². The van der Waals surface area contributed by atoms with Gasteiger partial charge < -0.3 is 9.84 Å². The number of ketones is 1. The van der Waals surface area contributed by atoms with Crippen molar-refractivity contribution < 1.29 is 32.6 Å². The van der Waals surface area contributed by atoms with Crippen LogP contribution in [0.1, 0.15) is 22.7 Å². The number of halogens is 4. The normalized spacial score (nSPS) is 17.8. The van der Waals surface area contributed by atoms with E-state index in [1.165, 1.54) is 31.4 Å². The molecule has 0 aromatic heterocycles. The van der Waals surface area contributed by atoms with Gasteiger partial charge in [-0.3, -0.25) is 14.5 Å². The second-order valence-corrected chi connectivity index (χ2v) is 8.41. The fraction of sp³-hybridized carbons (Fsp3) is 0.120. The Morgan fingerprint density at radius 1 is 1.00 bits per heavy atom. The zero-order valence-corrected chi connectivity index (χ0v) is 19.2. The third-order valence-corrected chi connectivity index (χ3v) is 5.97. The molecule has 34 heavy (non-hydrogen) atoms. The molecule has 174 valence electrons. The second kappa shape index (κ2) is 8.98. The van der Waals surface area contributed by atoms with Crippen LogP contribution < -0.4 is 9.64 Å². The number of hydrogen-bond donors (Lipinski definition) is 1. The predicted octanol–water partition coefficient (Wildman–Crippen LogP) is 6.10. The minimum atomic E-state index is -4.64. The molecule has 5 nitrogen and oxygen atoms in total.